The number of hydrogen-bond donors (Lipinski definition) is 1. The van der Waals surface area contributed by atoms with Gasteiger partial charge in [-0.25, -0.2) is 0 Å². The standard InChI is InChI=1S/C13H19N3O/c1-16-9-7-12(10-16)15-13(17)6-5-11-4-2-3-8-14-11/h2-4,8,12H,5-7,9-10H2,1H3,(H,15,17). The van der Waals surface area contributed by atoms with Crippen molar-refractivity contribution in [1.82, 2.24) is 15.2 Å². The van der Waals surface area contributed by atoms with Gasteiger partial charge in [0.05, 0.1) is 0 Å². The van der Waals surface area contributed by atoms with Crippen molar-refractivity contribution in [3.05, 3.63) is 30.1 Å². The lowest BCUT2D eigenvalue weighted by molar-refractivity contribution is -0.121. The molecule has 4 heteroatoms. The van der Waals surface area contributed by atoms with Crippen molar-refractivity contribution in [2.45, 2.75) is 25.3 Å². The minimum atomic E-state index is 0.135. The predicted molar refractivity (Wildman–Crippen MR) is 66.6 cm³/mol. The molecule has 1 aliphatic rings. The summed E-state index contributed by atoms with van der Waals surface area (Å²) in [7, 11) is 2.08. The molecular formula is C13H19N3O. The predicted octanol–water partition coefficient (Wildman–Crippen LogP) is 0.834. The van der Waals surface area contributed by atoms with E-state index in [1.807, 2.05) is 18.2 Å². The molecule has 0 aromatic carbocycles. The normalized spacial score (nSPS) is 20.4. The van der Waals surface area contributed by atoms with Gasteiger partial charge in [0, 0.05) is 30.9 Å². The van der Waals surface area contributed by atoms with E-state index in [1.54, 1.807) is 6.20 Å². The van der Waals surface area contributed by atoms with Gasteiger partial charge in [-0.3, -0.25) is 9.78 Å². The lowest BCUT2D eigenvalue weighted by Crippen LogP contribution is -2.36. The van der Waals surface area contributed by atoms with E-state index in [0.29, 0.717) is 12.5 Å². The second-order valence-electron chi connectivity index (χ2n) is 4.64. The first-order chi connectivity index (χ1) is 8.24. The fraction of sp³-hybridized carbons (Fsp3) is 0.538. The van der Waals surface area contributed by atoms with E-state index in [2.05, 4.69) is 22.2 Å². The van der Waals surface area contributed by atoms with Crippen LogP contribution in [-0.4, -0.2) is 42.0 Å². The number of aryl methyl sites for hydroxylation is 1. The number of nitrogens with zero attached hydrogens (tertiary/aromatic N) is 2. The van der Waals surface area contributed by atoms with Gasteiger partial charge in [-0.2, -0.15) is 0 Å². The van der Waals surface area contributed by atoms with E-state index >= 15 is 0 Å². The van der Waals surface area contributed by atoms with Crippen LogP contribution in [0.3, 0.4) is 0 Å². The molecule has 17 heavy (non-hydrogen) atoms. The van der Waals surface area contributed by atoms with Crippen LogP contribution in [0.1, 0.15) is 18.5 Å². The van der Waals surface area contributed by atoms with Gasteiger partial charge in [0.25, 0.3) is 0 Å². The van der Waals surface area contributed by atoms with Crippen LogP contribution in [-0.2, 0) is 11.2 Å². The van der Waals surface area contributed by atoms with Gasteiger partial charge in [0.15, 0.2) is 0 Å². The summed E-state index contributed by atoms with van der Waals surface area (Å²) in [6.07, 6.45) is 4.07. The third-order valence-electron chi connectivity index (χ3n) is 3.09. The number of likely N-dealkylation sites (N-methyl/N-ethyl adjacent to an activating group) is 1. The van der Waals surface area contributed by atoms with Crippen LogP contribution in [0.15, 0.2) is 24.4 Å². The van der Waals surface area contributed by atoms with Crippen LogP contribution < -0.4 is 5.32 Å². The fourth-order valence-electron chi connectivity index (χ4n) is 2.14. The Bertz CT molecular complexity index is 366. The Morgan fingerprint density at radius 2 is 2.47 bits per heavy atom. The van der Waals surface area contributed by atoms with E-state index in [0.717, 1.165) is 31.6 Å². The zero-order valence-electron chi connectivity index (χ0n) is 10.2. The number of carbonyl (C=O) groups excluding carboxylic acids is 1. The fourth-order valence-corrected chi connectivity index (χ4v) is 2.14. The van der Waals surface area contributed by atoms with E-state index in [4.69, 9.17) is 0 Å². The Kier molecular flexibility index (Phi) is 4.09. The Hall–Kier alpha value is -1.42. The molecule has 1 aromatic heterocycles. The van der Waals surface area contributed by atoms with Crippen molar-refractivity contribution in [2.75, 3.05) is 20.1 Å². The quantitative estimate of drug-likeness (QED) is 0.838. The second kappa shape index (κ2) is 5.77. The lowest BCUT2D eigenvalue weighted by atomic mass is 10.2. The highest BCUT2D eigenvalue weighted by molar-refractivity contribution is 5.76. The summed E-state index contributed by atoms with van der Waals surface area (Å²) in [4.78, 5) is 18.2. The monoisotopic (exact) mass is 233 g/mol. The number of amides is 1. The highest BCUT2D eigenvalue weighted by atomic mass is 16.1. The van der Waals surface area contributed by atoms with Gasteiger partial charge in [0.1, 0.15) is 0 Å². The zero-order chi connectivity index (χ0) is 12.1. The molecule has 0 saturated carbocycles. The molecule has 1 N–H and O–H groups in total. The number of carbonyl (C=O) groups is 1. The maximum absolute atomic E-state index is 11.7. The second-order valence-corrected chi connectivity index (χ2v) is 4.64. The first kappa shape index (κ1) is 12.0. The molecule has 0 spiro atoms. The van der Waals surface area contributed by atoms with E-state index < -0.39 is 0 Å². The summed E-state index contributed by atoms with van der Waals surface area (Å²) in [5.74, 6) is 0.135. The molecule has 1 amide bonds. The summed E-state index contributed by atoms with van der Waals surface area (Å²) < 4.78 is 0. The zero-order valence-corrected chi connectivity index (χ0v) is 10.2. The minimum Gasteiger partial charge on any atom is -0.352 e. The van der Waals surface area contributed by atoms with Crippen LogP contribution in [0, 0.1) is 0 Å². The molecule has 0 radical (unpaired) electrons. The molecule has 92 valence electrons. The van der Waals surface area contributed by atoms with E-state index in [1.165, 1.54) is 0 Å². The molecular weight excluding hydrogens is 214 g/mol. The van der Waals surface area contributed by atoms with Crippen LogP contribution >= 0.6 is 0 Å². The number of aromatic nitrogens is 1. The summed E-state index contributed by atoms with van der Waals surface area (Å²) in [6.45, 7) is 2.04. The van der Waals surface area contributed by atoms with Crippen LogP contribution in [0.25, 0.3) is 0 Å². The van der Waals surface area contributed by atoms with Crippen molar-refractivity contribution in [2.24, 2.45) is 0 Å². The van der Waals surface area contributed by atoms with Crippen molar-refractivity contribution >= 4 is 5.91 Å². The van der Waals surface area contributed by atoms with Crippen LogP contribution in [0.2, 0.25) is 0 Å². The molecule has 4 nitrogen and oxygen atoms in total. The van der Waals surface area contributed by atoms with Crippen molar-refractivity contribution in [1.29, 1.82) is 0 Å². The summed E-state index contributed by atoms with van der Waals surface area (Å²) in [5.41, 5.74) is 0.978. The molecule has 1 fully saturated rings. The van der Waals surface area contributed by atoms with Crippen molar-refractivity contribution < 1.29 is 4.79 Å². The number of pyridine rings is 1. The molecule has 1 unspecified atom stereocenters. The average Bonchev–Trinajstić information content (AvgIpc) is 2.73. The van der Waals surface area contributed by atoms with Crippen molar-refractivity contribution in [3.8, 4) is 0 Å². The molecule has 2 heterocycles. The molecule has 1 atom stereocenters. The van der Waals surface area contributed by atoms with E-state index in [-0.39, 0.29) is 5.91 Å². The lowest BCUT2D eigenvalue weighted by Gasteiger charge is -2.12. The molecule has 0 bridgehead atoms. The van der Waals surface area contributed by atoms with Crippen LogP contribution in [0.4, 0.5) is 0 Å². The minimum absolute atomic E-state index is 0.135. The van der Waals surface area contributed by atoms with Gasteiger partial charge in [-0.1, -0.05) is 6.07 Å². The largest absolute Gasteiger partial charge is 0.352 e. The van der Waals surface area contributed by atoms with Crippen LogP contribution in [0.5, 0.6) is 0 Å². The molecule has 1 aromatic rings. The Balaban J connectivity index is 1.71. The first-order valence-electron chi connectivity index (χ1n) is 6.12. The third kappa shape index (κ3) is 3.82. The van der Waals surface area contributed by atoms with Gasteiger partial charge >= 0.3 is 0 Å². The number of hydrogen-bond acceptors (Lipinski definition) is 3. The number of rotatable bonds is 4. The molecule has 1 aliphatic heterocycles. The van der Waals surface area contributed by atoms with Gasteiger partial charge in [0.2, 0.25) is 5.91 Å². The Morgan fingerprint density at radius 3 is 3.12 bits per heavy atom. The van der Waals surface area contributed by atoms with Gasteiger partial charge in [-0.05, 0) is 38.6 Å². The third-order valence-corrected chi connectivity index (χ3v) is 3.09. The van der Waals surface area contributed by atoms with E-state index in [9.17, 15) is 4.79 Å². The summed E-state index contributed by atoms with van der Waals surface area (Å²) in [6, 6.07) is 6.12. The number of nitrogens with one attached hydrogen (secondary N) is 1. The molecule has 0 aliphatic carbocycles. The van der Waals surface area contributed by atoms with Crippen molar-refractivity contribution in [3.63, 3.8) is 0 Å². The first-order valence-corrected chi connectivity index (χ1v) is 6.12. The Labute approximate surface area is 102 Å². The highest BCUT2D eigenvalue weighted by Crippen LogP contribution is 2.06. The molecule has 2 rings (SSSR count). The maximum atomic E-state index is 11.7. The summed E-state index contributed by atoms with van der Waals surface area (Å²) in [5, 5.41) is 3.07. The van der Waals surface area contributed by atoms with Gasteiger partial charge < -0.3 is 10.2 Å². The molecule has 1 saturated heterocycles. The Morgan fingerprint density at radius 1 is 1.59 bits per heavy atom. The SMILES string of the molecule is CN1CCC(NC(=O)CCc2ccccn2)C1. The summed E-state index contributed by atoms with van der Waals surface area (Å²) >= 11 is 0. The smallest absolute Gasteiger partial charge is 0.220 e. The highest BCUT2D eigenvalue weighted by Gasteiger charge is 2.20. The number of likely N-dealkylation sites (tertiary alicyclic amines) is 1. The van der Waals surface area contributed by atoms with Gasteiger partial charge in [-0.15, -0.1) is 0 Å². The average molecular weight is 233 g/mol. The maximum Gasteiger partial charge on any atom is 0.220 e. The topological polar surface area (TPSA) is 45.2 Å².